The number of anilines is 1. The predicted molar refractivity (Wildman–Crippen MR) is 83.4 cm³/mol. The molecule has 0 spiro atoms. The van der Waals surface area contributed by atoms with Gasteiger partial charge in [-0.3, -0.25) is 14.6 Å². The summed E-state index contributed by atoms with van der Waals surface area (Å²) < 4.78 is 0. The van der Waals surface area contributed by atoms with Gasteiger partial charge in [0.15, 0.2) is 0 Å². The Labute approximate surface area is 132 Å². The highest BCUT2D eigenvalue weighted by Gasteiger charge is 2.39. The van der Waals surface area contributed by atoms with Gasteiger partial charge >= 0.3 is 0 Å². The molecular formula is C16H14ClN3O2. The number of imide groups is 1. The molecule has 6 heteroatoms. The molecule has 22 heavy (non-hydrogen) atoms. The van der Waals surface area contributed by atoms with Crippen LogP contribution < -0.4 is 10.2 Å². The lowest BCUT2D eigenvalue weighted by molar-refractivity contribution is -0.121. The summed E-state index contributed by atoms with van der Waals surface area (Å²) in [6.07, 6.45) is 3.57. The monoisotopic (exact) mass is 315 g/mol. The number of nitrogens with zero attached hydrogens (tertiary/aromatic N) is 2. The number of hydrogen-bond donors (Lipinski definition) is 1. The van der Waals surface area contributed by atoms with E-state index in [-0.39, 0.29) is 18.2 Å². The van der Waals surface area contributed by atoms with E-state index < -0.39 is 6.04 Å². The van der Waals surface area contributed by atoms with Gasteiger partial charge in [0.2, 0.25) is 5.91 Å². The average molecular weight is 316 g/mol. The smallest absolute Gasteiger partial charge is 0.251 e. The molecule has 0 aliphatic carbocycles. The number of carbonyl (C=O) groups excluding carboxylic acids is 2. The summed E-state index contributed by atoms with van der Waals surface area (Å²) in [4.78, 5) is 29.8. The first-order valence-corrected chi connectivity index (χ1v) is 7.27. The first-order valence-electron chi connectivity index (χ1n) is 6.90. The van der Waals surface area contributed by atoms with Crippen molar-refractivity contribution in [3.05, 3.63) is 59.4 Å². The van der Waals surface area contributed by atoms with Gasteiger partial charge < -0.3 is 5.32 Å². The van der Waals surface area contributed by atoms with Gasteiger partial charge in [0, 0.05) is 24.0 Å². The molecule has 0 bridgehead atoms. The minimum Gasteiger partial charge on any atom is -0.301 e. The van der Waals surface area contributed by atoms with Crippen molar-refractivity contribution in [3.63, 3.8) is 0 Å². The number of nitrogens with one attached hydrogen (secondary N) is 1. The number of halogens is 1. The van der Waals surface area contributed by atoms with Crippen LogP contribution in [0.1, 0.15) is 12.0 Å². The number of amides is 2. The predicted octanol–water partition coefficient (Wildman–Crippen LogP) is 2.16. The molecule has 1 saturated heterocycles. The molecule has 1 unspecified atom stereocenters. The van der Waals surface area contributed by atoms with Gasteiger partial charge in [-0.25, -0.2) is 4.90 Å². The van der Waals surface area contributed by atoms with E-state index >= 15 is 0 Å². The third kappa shape index (κ3) is 3.00. The number of hydrogen-bond acceptors (Lipinski definition) is 4. The highest BCUT2D eigenvalue weighted by Crippen LogP contribution is 2.24. The van der Waals surface area contributed by atoms with Gasteiger partial charge in [-0.1, -0.05) is 17.7 Å². The van der Waals surface area contributed by atoms with Crippen LogP contribution in [-0.4, -0.2) is 22.8 Å². The zero-order valence-corrected chi connectivity index (χ0v) is 12.5. The fourth-order valence-electron chi connectivity index (χ4n) is 2.40. The average Bonchev–Trinajstić information content (AvgIpc) is 2.82. The number of carbonyl (C=O) groups is 2. The van der Waals surface area contributed by atoms with Crippen LogP contribution in [0.25, 0.3) is 0 Å². The third-order valence-electron chi connectivity index (χ3n) is 3.51. The van der Waals surface area contributed by atoms with Gasteiger partial charge in [0.25, 0.3) is 5.91 Å². The standard InChI is InChI=1S/C16H14ClN3O2/c17-12-3-5-13(6-4-12)20-15(21)8-14(16(20)22)19-10-11-2-1-7-18-9-11/h1-7,9,14,19H,8,10H2. The van der Waals surface area contributed by atoms with E-state index in [1.807, 2.05) is 12.1 Å². The van der Waals surface area contributed by atoms with E-state index in [9.17, 15) is 9.59 Å². The van der Waals surface area contributed by atoms with Gasteiger partial charge in [-0.15, -0.1) is 0 Å². The summed E-state index contributed by atoms with van der Waals surface area (Å²) in [7, 11) is 0. The molecule has 2 aromatic rings. The van der Waals surface area contributed by atoms with Crippen molar-refractivity contribution in [2.75, 3.05) is 4.90 Å². The van der Waals surface area contributed by atoms with Crippen molar-refractivity contribution in [2.45, 2.75) is 19.0 Å². The molecule has 2 amide bonds. The summed E-state index contributed by atoms with van der Waals surface area (Å²) in [5.74, 6) is -0.452. The second-order valence-corrected chi connectivity index (χ2v) is 5.48. The van der Waals surface area contributed by atoms with Crippen molar-refractivity contribution in [2.24, 2.45) is 0 Å². The van der Waals surface area contributed by atoms with E-state index in [4.69, 9.17) is 11.6 Å². The molecule has 3 rings (SSSR count). The number of pyridine rings is 1. The molecule has 1 atom stereocenters. The Kier molecular flexibility index (Phi) is 4.18. The van der Waals surface area contributed by atoms with E-state index in [0.29, 0.717) is 17.3 Å². The van der Waals surface area contributed by atoms with Crippen LogP contribution in [0.15, 0.2) is 48.8 Å². The quantitative estimate of drug-likeness (QED) is 0.878. The Morgan fingerprint density at radius 1 is 1.23 bits per heavy atom. The van der Waals surface area contributed by atoms with Crippen molar-refractivity contribution >= 4 is 29.1 Å². The summed E-state index contributed by atoms with van der Waals surface area (Å²) in [6, 6.07) is 9.89. The summed E-state index contributed by atoms with van der Waals surface area (Å²) in [6.45, 7) is 0.492. The lowest BCUT2D eigenvalue weighted by Gasteiger charge is -2.15. The van der Waals surface area contributed by atoms with Crippen molar-refractivity contribution in [1.82, 2.24) is 10.3 Å². The van der Waals surface area contributed by atoms with E-state index in [1.54, 1.807) is 36.7 Å². The van der Waals surface area contributed by atoms with Crippen LogP contribution in [0.2, 0.25) is 5.02 Å². The minimum atomic E-state index is -0.511. The zero-order chi connectivity index (χ0) is 15.5. The first kappa shape index (κ1) is 14.7. The van der Waals surface area contributed by atoms with Gasteiger partial charge in [0.05, 0.1) is 18.2 Å². The fourth-order valence-corrected chi connectivity index (χ4v) is 2.52. The molecule has 2 heterocycles. The number of benzene rings is 1. The summed E-state index contributed by atoms with van der Waals surface area (Å²) >= 11 is 5.83. The minimum absolute atomic E-state index is 0.154. The Balaban J connectivity index is 1.70. The van der Waals surface area contributed by atoms with Crippen LogP contribution in [0.5, 0.6) is 0 Å². The van der Waals surface area contributed by atoms with Crippen LogP contribution in [-0.2, 0) is 16.1 Å². The number of aromatic nitrogens is 1. The fraction of sp³-hybridized carbons (Fsp3) is 0.188. The van der Waals surface area contributed by atoms with Crippen LogP contribution >= 0.6 is 11.6 Å². The van der Waals surface area contributed by atoms with Crippen molar-refractivity contribution in [3.8, 4) is 0 Å². The molecule has 1 fully saturated rings. The van der Waals surface area contributed by atoms with Crippen LogP contribution in [0.3, 0.4) is 0 Å². The molecule has 0 saturated carbocycles. The van der Waals surface area contributed by atoms with Gasteiger partial charge in [-0.05, 0) is 35.9 Å². The Hall–Kier alpha value is -2.24. The highest BCUT2D eigenvalue weighted by molar-refractivity contribution is 6.30. The lowest BCUT2D eigenvalue weighted by Crippen LogP contribution is -2.38. The van der Waals surface area contributed by atoms with Crippen LogP contribution in [0, 0.1) is 0 Å². The zero-order valence-electron chi connectivity index (χ0n) is 11.7. The van der Waals surface area contributed by atoms with Gasteiger partial charge in [-0.2, -0.15) is 0 Å². The normalized spacial score (nSPS) is 18.0. The maximum atomic E-state index is 12.4. The van der Waals surface area contributed by atoms with E-state index in [0.717, 1.165) is 5.56 Å². The van der Waals surface area contributed by atoms with E-state index in [1.165, 1.54) is 4.90 Å². The Morgan fingerprint density at radius 3 is 2.68 bits per heavy atom. The van der Waals surface area contributed by atoms with E-state index in [2.05, 4.69) is 10.3 Å². The maximum absolute atomic E-state index is 12.4. The Bertz CT molecular complexity index is 688. The molecule has 0 radical (unpaired) electrons. The maximum Gasteiger partial charge on any atom is 0.251 e. The molecule has 1 aromatic heterocycles. The van der Waals surface area contributed by atoms with Crippen molar-refractivity contribution < 1.29 is 9.59 Å². The molecule has 1 aromatic carbocycles. The second-order valence-electron chi connectivity index (χ2n) is 5.04. The molecule has 1 N–H and O–H groups in total. The lowest BCUT2D eigenvalue weighted by atomic mass is 10.2. The first-order chi connectivity index (χ1) is 10.6. The SMILES string of the molecule is O=C1CC(NCc2cccnc2)C(=O)N1c1ccc(Cl)cc1. The molecule has 1 aliphatic heterocycles. The summed E-state index contributed by atoms with van der Waals surface area (Å²) in [5.41, 5.74) is 1.51. The Morgan fingerprint density at radius 2 is 2.00 bits per heavy atom. The van der Waals surface area contributed by atoms with Crippen molar-refractivity contribution in [1.29, 1.82) is 0 Å². The van der Waals surface area contributed by atoms with Gasteiger partial charge in [0.1, 0.15) is 0 Å². The molecule has 1 aliphatic rings. The third-order valence-corrected chi connectivity index (χ3v) is 3.76. The number of rotatable bonds is 4. The highest BCUT2D eigenvalue weighted by atomic mass is 35.5. The van der Waals surface area contributed by atoms with Crippen LogP contribution in [0.4, 0.5) is 5.69 Å². The molecule has 5 nitrogen and oxygen atoms in total. The molecule has 112 valence electrons. The summed E-state index contributed by atoms with van der Waals surface area (Å²) in [5, 5.41) is 3.68. The second kappa shape index (κ2) is 6.25. The topological polar surface area (TPSA) is 62.3 Å². The largest absolute Gasteiger partial charge is 0.301 e. The molecular weight excluding hydrogens is 302 g/mol.